The molecule has 0 bridgehead atoms. The summed E-state index contributed by atoms with van der Waals surface area (Å²) >= 11 is 0. The van der Waals surface area contributed by atoms with Gasteiger partial charge >= 0.3 is 5.69 Å². The molecular weight excluding hydrogens is 246 g/mol. The minimum absolute atomic E-state index is 0.276. The SMILES string of the molecule is CCCN(c1nn(C)c(=O)n(C)c1=O)C1CCNC1. The molecule has 2 heterocycles. The number of nitrogens with zero attached hydrogens (tertiary/aromatic N) is 4. The highest BCUT2D eigenvalue weighted by atomic mass is 16.2. The summed E-state index contributed by atoms with van der Waals surface area (Å²) in [6.45, 7) is 4.65. The first kappa shape index (κ1) is 13.8. The molecular formula is C12H21N5O2. The quantitative estimate of drug-likeness (QED) is 0.762. The third kappa shape index (κ3) is 2.56. The van der Waals surface area contributed by atoms with Crippen LogP contribution in [0.1, 0.15) is 19.8 Å². The van der Waals surface area contributed by atoms with Gasteiger partial charge in [0.05, 0.1) is 0 Å². The molecule has 1 aliphatic rings. The molecule has 7 nitrogen and oxygen atoms in total. The summed E-state index contributed by atoms with van der Waals surface area (Å²) < 4.78 is 2.34. The molecule has 0 aliphatic carbocycles. The molecule has 0 radical (unpaired) electrons. The number of hydrogen-bond donors (Lipinski definition) is 1. The molecule has 1 unspecified atom stereocenters. The van der Waals surface area contributed by atoms with Crippen LogP contribution in [-0.4, -0.2) is 40.0 Å². The van der Waals surface area contributed by atoms with Crippen molar-refractivity contribution in [3.63, 3.8) is 0 Å². The Balaban J connectivity index is 2.47. The molecule has 7 heteroatoms. The maximum absolute atomic E-state index is 12.2. The maximum atomic E-state index is 12.2. The Morgan fingerprint density at radius 3 is 2.74 bits per heavy atom. The Labute approximate surface area is 111 Å². The molecule has 1 aromatic heterocycles. The predicted molar refractivity (Wildman–Crippen MR) is 73.6 cm³/mol. The van der Waals surface area contributed by atoms with E-state index in [9.17, 15) is 9.59 Å². The lowest BCUT2D eigenvalue weighted by Crippen LogP contribution is -2.47. The monoisotopic (exact) mass is 267 g/mol. The van der Waals surface area contributed by atoms with Gasteiger partial charge in [0.1, 0.15) is 0 Å². The highest BCUT2D eigenvalue weighted by Crippen LogP contribution is 2.14. The van der Waals surface area contributed by atoms with Crippen molar-refractivity contribution in [3.8, 4) is 0 Å². The molecule has 1 atom stereocenters. The van der Waals surface area contributed by atoms with Crippen LogP contribution >= 0.6 is 0 Å². The van der Waals surface area contributed by atoms with E-state index >= 15 is 0 Å². The fourth-order valence-electron chi connectivity index (χ4n) is 2.47. The first-order chi connectivity index (χ1) is 9.06. The van der Waals surface area contributed by atoms with E-state index < -0.39 is 5.69 Å². The van der Waals surface area contributed by atoms with E-state index in [-0.39, 0.29) is 11.6 Å². The number of nitrogens with one attached hydrogen (secondary N) is 1. The number of aryl methyl sites for hydroxylation is 1. The van der Waals surface area contributed by atoms with Crippen LogP contribution in [0.2, 0.25) is 0 Å². The van der Waals surface area contributed by atoms with Crippen molar-refractivity contribution in [2.45, 2.75) is 25.8 Å². The van der Waals surface area contributed by atoms with Crippen LogP contribution in [-0.2, 0) is 14.1 Å². The summed E-state index contributed by atoms with van der Waals surface area (Å²) in [4.78, 5) is 25.9. The minimum Gasteiger partial charge on any atom is -0.346 e. The van der Waals surface area contributed by atoms with Gasteiger partial charge < -0.3 is 10.2 Å². The second-order valence-electron chi connectivity index (χ2n) is 4.93. The van der Waals surface area contributed by atoms with Gasteiger partial charge in [0, 0.05) is 33.2 Å². The molecule has 1 aliphatic heterocycles. The lowest BCUT2D eigenvalue weighted by Gasteiger charge is -2.28. The third-order valence-electron chi connectivity index (χ3n) is 3.52. The van der Waals surface area contributed by atoms with E-state index in [4.69, 9.17) is 0 Å². The van der Waals surface area contributed by atoms with Crippen LogP contribution in [0.3, 0.4) is 0 Å². The van der Waals surface area contributed by atoms with Crippen molar-refractivity contribution >= 4 is 5.82 Å². The van der Waals surface area contributed by atoms with E-state index in [1.807, 2.05) is 4.90 Å². The van der Waals surface area contributed by atoms with Crippen LogP contribution in [0.5, 0.6) is 0 Å². The highest BCUT2D eigenvalue weighted by Gasteiger charge is 2.26. The molecule has 1 saturated heterocycles. The summed E-state index contributed by atoms with van der Waals surface area (Å²) in [5.41, 5.74) is -0.710. The molecule has 2 rings (SSSR count). The number of aromatic nitrogens is 3. The lowest BCUT2D eigenvalue weighted by molar-refractivity contribution is 0.556. The average Bonchev–Trinajstić information content (AvgIpc) is 2.92. The molecule has 106 valence electrons. The van der Waals surface area contributed by atoms with E-state index in [0.717, 1.165) is 37.0 Å². The molecule has 1 aromatic rings. The lowest BCUT2D eigenvalue weighted by atomic mass is 10.2. The Morgan fingerprint density at radius 2 is 2.16 bits per heavy atom. The molecule has 0 saturated carbocycles. The van der Waals surface area contributed by atoms with Crippen LogP contribution < -0.4 is 21.5 Å². The van der Waals surface area contributed by atoms with Crippen molar-refractivity contribution in [1.82, 2.24) is 19.7 Å². The van der Waals surface area contributed by atoms with Crippen molar-refractivity contribution in [3.05, 3.63) is 20.8 Å². The van der Waals surface area contributed by atoms with Gasteiger partial charge in [-0.2, -0.15) is 0 Å². The fraction of sp³-hybridized carbons (Fsp3) is 0.750. The van der Waals surface area contributed by atoms with Crippen LogP contribution in [0.4, 0.5) is 5.82 Å². The fourth-order valence-corrected chi connectivity index (χ4v) is 2.47. The van der Waals surface area contributed by atoms with E-state index in [1.165, 1.54) is 11.7 Å². The second kappa shape index (κ2) is 5.56. The summed E-state index contributed by atoms with van der Waals surface area (Å²) in [5.74, 6) is 0.375. The summed E-state index contributed by atoms with van der Waals surface area (Å²) in [7, 11) is 3.06. The van der Waals surface area contributed by atoms with Gasteiger partial charge in [-0.3, -0.25) is 9.36 Å². The standard InChI is InChI=1S/C12H21N5O2/c1-4-7-17(9-5-6-13-8-9)10-11(18)15(2)12(19)16(3)14-10/h9,13H,4-8H2,1-3H3. The molecule has 1 fully saturated rings. The summed E-state index contributed by atoms with van der Waals surface area (Å²) in [5, 5.41) is 7.46. The smallest absolute Gasteiger partial charge is 0.346 e. The number of rotatable bonds is 4. The Bertz CT molecular complexity index is 556. The van der Waals surface area contributed by atoms with Gasteiger partial charge in [-0.25, -0.2) is 9.48 Å². The Morgan fingerprint density at radius 1 is 1.42 bits per heavy atom. The highest BCUT2D eigenvalue weighted by molar-refractivity contribution is 5.37. The van der Waals surface area contributed by atoms with Gasteiger partial charge in [-0.1, -0.05) is 6.92 Å². The van der Waals surface area contributed by atoms with E-state index in [1.54, 1.807) is 7.05 Å². The molecule has 19 heavy (non-hydrogen) atoms. The normalized spacial score (nSPS) is 18.8. The van der Waals surface area contributed by atoms with Crippen LogP contribution in [0.25, 0.3) is 0 Å². The predicted octanol–water partition coefficient (Wildman–Crippen LogP) is -0.943. The zero-order valence-electron chi connectivity index (χ0n) is 11.7. The zero-order valence-corrected chi connectivity index (χ0v) is 11.7. The van der Waals surface area contributed by atoms with Crippen molar-refractivity contribution in [1.29, 1.82) is 0 Å². The van der Waals surface area contributed by atoms with Gasteiger partial charge in [0.2, 0.25) is 5.82 Å². The van der Waals surface area contributed by atoms with Gasteiger partial charge in [0.25, 0.3) is 5.56 Å². The van der Waals surface area contributed by atoms with Crippen LogP contribution in [0.15, 0.2) is 9.59 Å². The van der Waals surface area contributed by atoms with Crippen molar-refractivity contribution in [2.75, 3.05) is 24.5 Å². The average molecular weight is 267 g/mol. The first-order valence-corrected chi connectivity index (χ1v) is 6.68. The summed E-state index contributed by atoms with van der Waals surface area (Å²) in [6.07, 6.45) is 1.93. The minimum atomic E-state index is -0.394. The Hall–Kier alpha value is -1.63. The number of anilines is 1. The Kier molecular flexibility index (Phi) is 4.04. The topological polar surface area (TPSA) is 72.2 Å². The van der Waals surface area contributed by atoms with Crippen LogP contribution in [0, 0.1) is 0 Å². The van der Waals surface area contributed by atoms with Gasteiger partial charge in [-0.15, -0.1) is 5.10 Å². The number of hydrogen-bond acceptors (Lipinski definition) is 5. The largest absolute Gasteiger partial charge is 0.346 e. The molecule has 0 amide bonds. The van der Waals surface area contributed by atoms with Crippen molar-refractivity contribution in [2.24, 2.45) is 14.1 Å². The van der Waals surface area contributed by atoms with Gasteiger partial charge in [-0.05, 0) is 19.4 Å². The van der Waals surface area contributed by atoms with E-state index in [2.05, 4.69) is 17.3 Å². The second-order valence-corrected chi connectivity index (χ2v) is 4.93. The van der Waals surface area contributed by atoms with Gasteiger partial charge in [0.15, 0.2) is 0 Å². The molecule has 1 N–H and O–H groups in total. The molecule has 0 spiro atoms. The maximum Gasteiger partial charge on any atom is 0.346 e. The van der Waals surface area contributed by atoms with Crippen molar-refractivity contribution < 1.29 is 0 Å². The third-order valence-corrected chi connectivity index (χ3v) is 3.52. The van der Waals surface area contributed by atoms with E-state index in [0.29, 0.717) is 5.82 Å². The first-order valence-electron chi connectivity index (χ1n) is 6.68. The zero-order chi connectivity index (χ0) is 14.0. The molecule has 0 aromatic carbocycles. The summed E-state index contributed by atoms with van der Waals surface area (Å²) in [6, 6.07) is 0.276.